The van der Waals surface area contributed by atoms with Gasteiger partial charge in [0.25, 0.3) is 0 Å². The Morgan fingerprint density at radius 2 is 2.09 bits per heavy atom. The molecule has 0 spiro atoms. The van der Waals surface area contributed by atoms with E-state index in [1.165, 1.54) is 30.5 Å². The van der Waals surface area contributed by atoms with Crippen LogP contribution in [0.4, 0.5) is 0 Å². The molecule has 2 aromatic rings. The van der Waals surface area contributed by atoms with Gasteiger partial charge in [-0.15, -0.1) is 23.7 Å². The third kappa shape index (κ3) is 4.07. The molecule has 3 rings (SSSR count). The summed E-state index contributed by atoms with van der Waals surface area (Å²) in [6.07, 6.45) is 3.79. The standard InChI is InChI=1S/C17H23N3S.ClH/c1-13(18)16-9-5-6-10-20(16)11-15-12-21-17(19-15)14-7-3-2-4-8-14;/h2-4,7-8,12-13,16H,5-6,9-11,18H2,1H3;1H. The Morgan fingerprint density at radius 3 is 2.82 bits per heavy atom. The minimum Gasteiger partial charge on any atom is -0.327 e. The lowest BCUT2D eigenvalue weighted by atomic mass is 9.97. The number of halogens is 1. The van der Waals surface area contributed by atoms with Gasteiger partial charge in [-0.3, -0.25) is 4.90 Å². The Hall–Kier alpha value is -0.940. The lowest BCUT2D eigenvalue weighted by Crippen LogP contribution is -2.48. The van der Waals surface area contributed by atoms with Crippen LogP contribution in [0.3, 0.4) is 0 Å². The van der Waals surface area contributed by atoms with E-state index in [-0.39, 0.29) is 18.4 Å². The van der Waals surface area contributed by atoms with Crippen LogP contribution < -0.4 is 5.73 Å². The third-order valence-corrected chi connectivity index (χ3v) is 5.15. The average molecular weight is 338 g/mol. The van der Waals surface area contributed by atoms with Crippen LogP contribution >= 0.6 is 23.7 Å². The fourth-order valence-corrected chi connectivity index (χ4v) is 3.93. The molecule has 1 aliphatic heterocycles. The number of hydrogen-bond acceptors (Lipinski definition) is 4. The second-order valence-electron chi connectivity index (χ2n) is 5.90. The molecule has 2 heterocycles. The van der Waals surface area contributed by atoms with Crippen molar-refractivity contribution in [3.63, 3.8) is 0 Å². The van der Waals surface area contributed by atoms with Gasteiger partial charge < -0.3 is 5.73 Å². The largest absolute Gasteiger partial charge is 0.327 e. The van der Waals surface area contributed by atoms with Crippen LogP contribution in [0.15, 0.2) is 35.7 Å². The van der Waals surface area contributed by atoms with Gasteiger partial charge >= 0.3 is 0 Å². The van der Waals surface area contributed by atoms with E-state index in [1.54, 1.807) is 11.3 Å². The quantitative estimate of drug-likeness (QED) is 0.919. The van der Waals surface area contributed by atoms with E-state index >= 15 is 0 Å². The molecular weight excluding hydrogens is 314 g/mol. The maximum absolute atomic E-state index is 6.15. The molecule has 1 fully saturated rings. The van der Waals surface area contributed by atoms with E-state index in [1.807, 2.05) is 6.07 Å². The van der Waals surface area contributed by atoms with E-state index in [9.17, 15) is 0 Å². The summed E-state index contributed by atoms with van der Waals surface area (Å²) in [5.74, 6) is 0. The molecule has 1 aliphatic rings. The topological polar surface area (TPSA) is 42.1 Å². The van der Waals surface area contributed by atoms with Gasteiger partial charge in [0.1, 0.15) is 5.01 Å². The molecule has 0 bridgehead atoms. The summed E-state index contributed by atoms with van der Waals surface area (Å²) < 4.78 is 0. The van der Waals surface area contributed by atoms with Crippen molar-refractivity contribution >= 4 is 23.7 Å². The number of hydrogen-bond donors (Lipinski definition) is 1. The molecule has 0 amide bonds. The van der Waals surface area contributed by atoms with E-state index in [0.29, 0.717) is 6.04 Å². The van der Waals surface area contributed by atoms with Crippen molar-refractivity contribution in [2.24, 2.45) is 5.73 Å². The Balaban J connectivity index is 0.00000176. The summed E-state index contributed by atoms with van der Waals surface area (Å²) in [5, 5.41) is 3.30. The molecule has 0 saturated carbocycles. The molecule has 2 unspecified atom stereocenters. The van der Waals surface area contributed by atoms with Gasteiger partial charge in [0.15, 0.2) is 0 Å². The summed E-state index contributed by atoms with van der Waals surface area (Å²) in [6.45, 7) is 4.19. The first-order valence-electron chi connectivity index (χ1n) is 7.73. The van der Waals surface area contributed by atoms with Gasteiger partial charge in [0.2, 0.25) is 0 Å². The smallest absolute Gasteiger partial charge is 0.123 e. The predicted octanol–water partition coefficient (Wildman–Crippen LogP) is 3.93. The third-order valence-electron chi connectivity index (χ3n) is 4.21. The molecule has 2 N–H and O–H groups in total. The van der Waals surface area contributed by atoms with Crippen LogP contribution in [-0.2, 0) is 6.54 Å². The molecule has 2 atom stereocenters. The lowest BCUT2D eigenvalue weighted by Gasteiger charge is -2.37. The fourth-order valence-electron chi connectivity index (χ4n) is 3.11. The molecule has 0 aliphatic carbocycles. The highest BCUT2D eigenvalue weighted by Crippen LogP contribution is 2.26. The zero-order valence-electron chi connectivity index (χ0n) is 12.9. The number of piperidine rings is 1. The van der Waals surface area contributed by atoms with Gasteiger partial charge in [-0.25, -0.2) is 4.98 Å². The first-order chi connectivity index (χ1) is 10.2. The second-order valence-corrected chi connectivity index (χ2v) is 6.76. The van der Waals surface area contributed by atoms with Crippen LogP contribution in [0.1, 0.15) is 31.9 Å². The molecular formula is C17H24ClN3S. The molecule has 5 heteroatoms. The lowest BCUT2D eigenvalue weighted by molar-refractivity contribution is 0.122. The second kappa shape index (κ2) is 8.06. The molecule has 1 saturated heterocycles. The van der Waals surface area contributed by atoms with Gasteiger partial charge in [-0.1, -0.05) is 36.8 Å². The maximum Gasteiger partial charge on any atom is 0.123 e. The van der Waals surface area contributed by atoms with Crippen LogP contribution in [0.25, 0.3) is 10.6 Å². The highest BCUT2D eigenvalue weighted by Gasteiger charge is 2.25. The summed E-state index contributed by atoms with van der Waals surface area (Å²) >= 11 is 1.73. The highest BCUT2D eigenvalue weighted by atomic mass is 35.5. The van der Waals surface area contributed by atoms with Gasteiger partial charge in [-0.05, 0) is 26.3 Å². The maximum atomic E-state index is 6.15. The molecule has 1 aromatic carbocycles. The Morgan fingerprint density at radius 1 is 1.32 bits per heavy atom. The number of nitrogens with two attached hydrogens (primary N) is 1. The van der Waals surface area contributed by atoms with Crippen molar-refractivity contribution in [2.75, 3.05) is 6.54 Å². The van der Waals surface area contributed by atoms with Crippen LogP contribution in [0.5, 0.6) is 0 Å². The van der Waals surface area contributed by atoms with Gasteiger partial charge in [0, 0.05) is 29.6 Å². The first kappa shape index (κ1) is 17.4. The monoisotopic (exact) mass is 337 g/mol. The molecule has 22 heavy (non-hydrogen) atoms. The minimum atomic E-state index is 0. The van der Waals surface area contributed by atoms with Crippen molar-refractivity contribution < 1.29 is 0 Å². The molecule has 3 nitrogen and oxygen atoms in total. The summed E-state index contributed by atoms with van der Waals surface area (Å²) in [5.41, 5.74) is 8.53. The van der Waals surface area contributed by atoms with E-state index < -0.39 is 0 Å². The average Bonchev–Trinajstić information content (AvgIpc) is 2.97. The van der Waals surface area contributed by atoms with Crippen molar-refractivity contribution in [3.8, 4) is 10.6 Å². The van der Waals surface area contributed by atoms with Crippen molar-refractivity contribution in [1.82, 2.24) is 9.88 Å². The van der Waals surface area contributed by atoms with E-state index in [4.69, 9.17) is 10.7 Å². The van der Waals surface area contributed by atoms with Crippen LogP contribution in [0.2, 0.25) is 0 Å². The SMILES string of the molecule is CC(N)C1CCCCN1Cc1csc(-c2ccccc2)n1.Cl. The highest BCUT2D eigenvalue weighted by molar-refractivity contribution is 7.13. The number of thiazole rings is 1. The Kier molecular flexibility index (Phi) is 6.38. The van der Waals surface area contributed by atoms with Crippen molar-refractivity contribution in [3.05, 3.63) is 41.4 Å². The fraction of sp³-hybridized carbons (Fsp3) is 0.471. The van der Waals surface area contributed by atoms with Gasteiger partial charge in [0.05, 0.1) is 5.69 Å². The molecule has 0 radical (unpaired) electrons. The summed E-state index contributed by atoms with van der Waals surface area (Å²) in [6, 6.07) is 11.1. The molecule has 120 valence electrons. The Labute approximate surface area is 143 Å². The number of likely N-dealkylation sites (tertiary alicyclic amines) is 1. The number of aromatic nitrogens is 1. The normalized spacial score (nSPS) is 20.4. The Bertz CT molecular complexity index is 570. The van der Waals surface area contributed by atoms with E-state index in [0.717, 1.165) is 18.1 Å². The van der Waals surface area contributed by atoms with E-state index in [2.05, 4.69) is 41.5 Å². The van der Waals surface area contributed by atoms with Crippen LogP contribution in [0, 0.1) is 0 Å². The summed E-state index contributed by atoms with van der Waals surface area (Å²) in [4.78, 5) is 7.32. The zero-order chi connectivity index (χ0) is 14.7. The van der Waals surface area contributed by atoms with Crippen LogP contribution in [-0.4, -0.2) is 28.5 Å². The summed E-state index contributed by atoms with van der Waals surface area (Å²) in [7, 11) is 0. The predicted molar refractivity (Wildman–Crippen MR) is 96.5 cm³/mol. The van der Waals surface area contributed by atoms with Crippen molar-refractivity contribution in [1.29, 1.82) is 0 Å². The number of nitrogens with zero attached hydrogens (tertiary/aromatic N) is 2. The number of rotatable bonds is 4. The zero-order valence-corrected chi connectivity index (χ0v) is 14.6. The van der Waals surface area contributed by atoms with Crippen molar-refractivity contribution in [2.45, 2.75) is 44.8 Å². The molecule has 1 aromatic heterocycles. The first-order valence-corrected chi connectivity index (χ1v) is 8.61. The van der Waals surface area contributed by atoms with Gasteiger partial charge in [-0.2, -0.15) is 0 Å². The number of benzene rings is 1. The minimum absolute atomic E-state index is 0.